The number of aliphatic hydroxyl groups excluding tert-OH is 1. The minimum absolute atomic E-state index is 0.225. The highest BCUT2D eigenvalue weighted by atomic mass is 79.9. The summed E-state index contributed by atoms with van der Waals surface area (Å²) in [5.41, 5.74) is 0.153. The Bertz CT molecular complexity index is 450. The lowest BCUT2D eigenvalue weighted by Gasteiger charge is -2.00. The van der Waals surface area contributed by atoms with Gasteiger partial charge in [-0.1, -0.05) is 15.9 Å². The smallest absolute Gasteiger partial charge is 0.206 e. The van der Waals surface area contributed by atoms with Crippen molar-refractivity contribution in [3.05, 3.63) is 45.6 Å². The fourth-order valence-electron chi connectivity index (χ4n) is 1.04. The molecule has 0 aliphatic heterocycles. The highest BCUT2D eigenvalue weighted by molar-refractivity contribution is 9.10. The number of carbonyl (C=O) groups is 1. The predicted octanol–water partition coefficient (Wildman–Crippen LogP) is 2.99. The minimum Gasteiger partial charge on any atom is -0.511 e. The number of nitrogens with zero attached hydrogens (tertiary/aromatic N) is 1. The Hall–Kier alpha value is -1.60. The monoisotopic (exact) mass is 265 g/mol. The van der Waals surface area contributed by atoms with Gasteiger partial charge in [-0.25, -0.2) is 0 Å². The summed E-state index contributed by atoms with van der Waals surface area (Å²) >= 11 is 3.24. The van der Waals surface area contributed by atoms with E-state index in [2.05, 4.69) is 15.9 Å². The van der Waals surface area contributed by atoms with E-state index in [1.807, 2.05) is 0 Å². The van der Waals surface area contributed by atoms with E-state index in [-0.39, 0.29) is 11.3 Å². The van der Waals surface area contributed by atoms with E-state index in [0.29, 0.717) is 5.56 Å². The fraction of sp³-hybridized carbons (Fsp3) is 0.0909. The summed E-state index contributed by atoms with van der Waals surface area (Å²) in [7, 11) is 0. The van der Waals surface area contributed by atoms with Gasteiger partial charge in [0.2, 0.25) is 5.78 Å². The average Bonchev–Trinajstić information content (AvgIpc) is 2.19. The Morgan fingerprint density at radius 3 is 2.33 bits per heavy atom. The number of aliphatic hydroxyl groups is 1. The van der Waals surface area contributed by atoms with Crippen LogP contribution in [0.2, 0.25) is 0 Å². The first kappa shape index (κ1) is 11.5. The number of benzene rings is 1. The molecule has 1 aromatic carbocycles. The Morgan fingerprint density at radius 1 is 1.40 bits per heavy atom. The third-order valence-corrected chi connectivity index (χ3v) is 2.34. The summed E-state index contributed by atoms with van der Waals surface area (Å²) < 4.78 is 0.849. The molecule has 0 saturated carbocycles. The van der Waals surface area contributed by atoms with Crippen molar-refractivity contribution in [1.29, 1.82) is 5.26 Å². The van der Waals surface area contributed by atoms with Crippen LogP contribution in [-0.4, -0.2) is 10.9 Å². The summed E-state index contributed by atoms with van der Waals surface area (Å²) in [5, 5.41) is 17.8. The topological polar surface area (TPSA) is 61.1 Å². The molecule has 1 rings (SSSR count). The molecule has 15 heavy (non-hydrogen) atoms. The van der Waals surface area contributed by atoms with Gasteiger partial charge >= 0.3 is 0 Å². The third-order valence-electron chi connectivity index (χ3n) is 1.81. The second kappa shape index (κ2) is 4.76. The van der Waals surface area contributed by atoms with E-state index >= 15 is 0 Å². The highest BCUT2D eigenvalue weighted by Gasteiger charge is 2.14. The largest absolute Gasteiger partial charge is 0.511 e. The van der Waals surface area contributed by atoms with Crippen molar-refractivity contribution in [1.82, 2.24) is 0 Å². The van der Waals surface area contributed by atoms with Gasteiger partial charge in [-0.05, 0) is 31.2 Å². The van der Waals surface area contributed by atoms with Crippen molar-refractivity contribution in [3.63, 3.8) is 0 Å². The molecule has 0 atom stereocenters. The Labute approximate surface area is 95.8 Å². The van der Waals surface area contributed by atoms with E-state index in [1.165, 1.54) is 6.92 Å². The van der Waals surface area contributed by atoms with Gasteiger partial charge in [-0.2, -0.15) is 5.26 Å². The maximum Gasteiger partial charge on any atom is 0.206 e. The van der Waals surface area contributed by atoms with Crippen LogP contribution in [0.3, 0.4) is 0 Å². The number of nitriles is 1. The van der Waals surface area contributed by atoms with Crippen LogP contribution >= 0.6 is 15.9 Å². The van der Waals surface area contributed by atoms with Crippen molar-refractivity contribution in [2.75, 3.05) is 0 Å². The number of rotatable bonds is 2. The standard InChI is InChI=1S/C11H8BrNO2/c1-7(14)10(6-13)11(15)8-2-4-9(12)5-3-8/h2-5,14H,1H3. The summed E-state index contributed by atoms with van der Waals surface area (Å²) in [6.45, 7) is 1.31. The number of ketones is 1. The first-order valence-corrected chi connectivity index (χ1v) is 4.95. The lowest BCUT2D eigenvalue weighted by atomic mass is 10.0. The van der Waals surface area contributed by atoms with Crippen molar-refractivity contribution < 1.29 is 9.90 Å². The van der Waals surface area contributed by atoms with Crippen molar-refractivity contribution in [2.24, 2.45) is 0 Å². The predicted molar refractivity (Wildman–Crippen MR) is 59.4 cm³/mol. The molecule has 76 valence electrons. The maximum absolute atomic E-state index is 11.7. The summed E-state index contributed by atoms with van der Waals surface area (Å²) in [6.07, 6.45) is 0. The maximum atomic E-state index is 11.7. The second-order valence-corrected chi connectivity index (χ2v) is 3.82. The number of hydrogen-bond acceptors (Lipinski definition) is 3. The van der Waals surface area contributed by atoms with Gasteiger partial charge in [0.25, 0.3) is 0 Å². The molecule has 0 aromatic heterocycles. The summed E-state index contributed by atoms with van der Waals surface area (Å²) in [6, 6.07) is 8.27. The quantitative estimate of drug-likeness (QED) is 0.387. The van der Waals surface area contributed by atoms with Crippen LogP contribution in [0.25, 0.3) is 0 Å². The summed E-state index contributed by atoms with van der Waals surface area (Å²) in [5.74, 6) is -0.726. The number of allylic oxidation sites excluding steroid dienone is 2. The lowest BCUT2D eigenvalue weighted by molar-refractivity contribution is 0.103. The van der Waals surface area contributed by atoms with Crippen LogP contribution in [0.4, 0.5) is 0 Å². The van der Waals surface area contributed by atoms with Crippen LogP contribution in [0.15, 0.2) is 40.1 Å². The second-order valence-electron chi connectivity index (χ2n) is 2.91. The van der Waals surface area contributed by atoms with Crippen LogP contribution < -0.4 is 0 Å². The molecule has 1 aromatic rings. The van der Waals surface area contributed by atoms with Crippen molar-refractivity contribution in [3.8, 4) is 6.07 Å². The molecule has 0 aliphatic rings. The van der Waals surface area contributed by atoms with Crippen LogP contribution in [0.1, 0.15) is 17.3 Å². The molecule has 0 radical (unpaired) electrons. The average molecular weight is 266 g/mol. The molecule has 0 bridgehead atoms. The van der Waals surface area contributed by atoms with Crippen LogP contribution in [0.5, 0.6) is 0 Å². The molecule has 0 spiro atoms. The number of carbonyl (C=O) groups excluding carboxylic acids is 1. The Morgan fingerprint density at radius 2 is 1.93 bits per heavy atom. The van der Waals surface area contributed by atoms with Gasteiger partial charge in [0.15, 0.2) is 0 Å². The number of Topliss-reactive ketones (excluding diaryl/α,β-unsaturated/α-hetero) is 1. The summed E-state index contributed by atoms with van der Waals surface area (Å²) in [4.78, 5) is 11.7. The minimum atomic E-state index is -0.468. The van der Waals surface area contributed by atoms with Gasteiger partial charge in [0.1, 0.15) is 17.4 Å². The van der Waals surface area contributed by atoms with Gasteiger partial charge in [0, 0.05) is 10.0 Å². The van der Waals surface area contributed by atoms with E-state index in [0.717, 1.165) is 4.47 Å². The third kappa shape index (κ3) is 2.67. The molecule has 0 amide bonds. The first-order chi connectivity index (χ1) is 7.06. The first-order valence-electron chi connectivity index (χ1n) is 4.16. The van der Waals surface area contributed by atoms with Crippen LogP contribution in [0, 0.1) is 11.3 Å². The molecule has 0 unspecified atom stereocenters. The van der Waals surface area contributed by atoms with Crippen molar-refractivity contribution >= 4 is 21.7 Å². The van der Waals surface area contributed by atoms with Gasteiger partial charge in [-0.3, -0.25) is 4.79 Å². The normalized spacial score (nSPS) is 11.5. The number of halogens is 1. The molecular weight excluding hydrogens is 258 g/mol. The van der Waals surface area contributed by atoms with Crippen LogP contribution in [-0.2, 0) is 0 Å². The SMILES string of the molecule is CC(O)=C(C#N)C(=O)c1ccc(Br)cc1. The molecule has 0 saturated heterocycles. The van der Waals surface area contributed by atoms with E-state index in [1.54, 1.807) is 30.3 Å². The zero-order chi connectivity index (χ0) is 11.4. The Balaban J connectivity index is 3.11. The van der Waals surface area contributed by atoms with Gasteiger partial charge in [-0.15, -0.1) is 0 Å². The molecule has 0 aliphatic carbocycles. The molecule has 0 fully saturated rings. The van der Waals surface area contributed by atoms with Crippen molar-refractivity contribution in [2.45, 2.75) is 6.92 Å². The van der Waals surface area contributed by atoms with Gasteiger partial charge in [0.05, 0.1) is 0 Å². The fourth-order valence-corrected chi connectivity index (χ4v) is 1.31. The highest BCUT2D eigenvalue weighted by Crippen LogP contribution is 2.14. The Kier molecular flexibility index (Phi) is 3.64. The van der Waals surface area contributed by atoms with E-state index in [4.69, 9.17) is 10.4 Å². The number of hydrogen-bond donors (Lipinski definition) is 1. The zero-order valence-corrected chi connectivity index (χ0v) is 9.58. The van der Waals surface area contributed by atoms with E-state index in [9.17, 15) is 4.79 Å². The molecule has 3 nitrogen and oxygen atoms in total. The van der Waals surface area contributed by atoms with Gasteiger partial charge < -0.3 is 5.11 Å². The zero-order valence-electron chi connectivity index (χ0n) is 7.99. The van der Waals surface area contributed by atoms with E-state index < -0.39 is 5.78 Å². The molecule has 4 heteroatoms. The lowest BCUT2D eigenvalue weighted by Crippen LogP contribution is -2.03. The molecule has 0 heterocycles. The molecule has 1 N–H and O–H groups in total. The molecular formula is C11H8BrNO2.